The van der Waals surface area contributed by atoms with Crippen LogP contribution in [0.5, 0.6) is 0 Å². The molecule has 6 rings (SSSR count). The lowest BCUT2D eigenvalue weighted by atomic mass is 9.65. The molecule has 3 heterocycles. The predicted molar refractivity (Wildman–Crippen MR) is 143 cm³/mol. The molecule has 2 aromatic rings. The fraction of sp³-hybridized carbons (Fsp3) is 0.613. The van der Waals surface area contributed by atoms with Crippen molar-refractivity contribution in [1.29, 1.82) is 0 Å². The molecule has 2 saturated heterocycles. The molecule has 1 saturated carbocycles. The summed E-state index contributed by atoms with van der Waals surface area (Å²) in [7, 11) is 0. The Hall–Kier alpha value is -1.33. The number of benzene rings is 1. The van der Waals surface area contributed by atoms with E-state index in [-0.39, 0.29) is 36.1 Å². The second kappa shape index (κ2) is 12.9. The Morgan fingerprint density at radius 3 is 2.61 bits per heavy atom. The largest absolute Gasteiger partial charge is 1.00 e. The van der Waals surface area contributed by atoms with Crippen LogP contribution in [-0.4, -0.2) is 36.5 Å². The third kappa shape index (κ3) is 5.75. The minimum Gasteiger partial charge on any atom is -1.00 e. The van der Waals surface area contributed by atoms with Crippen LogP contribution in [-0.2, 0) is 16.6 Å². The first-order chi connectivity index (χ1) is 17.6. The molecular formula is C31H42Cl3N3O. The zero-order valence-electron chi connectivity index (χ0n) is 22.3. The number of carbonyl (C=O) groups excluding carboxylic acids is 1. The van der Waals surface area contributed by atoms with E-state index in [4.69, 9.17) is 11.6 Å². The summed E-state index contributed by atoms with van der Waals surface area (Å²) in [6.45, 7) is 2.83. The van der Waals surface area contributed by atoms with Crippen molar-refractivity contribution < 1.29 is 39.9 Å². The molecule has 4 nitrogen and oxygen atoms in total. The van der Waals surface area contributed by atoms with E-state index >= 15 is 0 Å². The number of piperidine rings is 1. The van der Waals surface area contributed by atoms with Gasteiger partial charge in [0, 0.05) is 30.6 Å². The van der Waals surface area contributed by atoms with Crippen molar-refractivity contribution in [2.24, 2.45) is 11.8 Å². The number of carbonyl (C=O) groups is 1. The third-order valence-corrected chi connectivity index (χ3v) is 10.3. The predicted octanol–water partition coefficient (Wildman–Crippen LogP) is -1.33. The van der Waals surface area contributed by atoms with E-state index in [1.54, 1.807) is 0 Å². The number of aromatic amines is 1. The average molecular weight is 579 g/mol. The van der Waals surface area contributed by atoms with Crippen LogP contribution in [0.2, 0.25) is 5.15 Å². The second-order valence-electron chi connectivity index (χ2n) is 12.0. The van der Waals surface area contributed by atoms with Crippen LogP contribution in [0.25, 0.3) is 0 Å². The number of H-pyrrole nitrogens is 1. The quantitative estimate of drug-likeness (QED) is 0.450. The number of aryl methyl sites for hydroxylation is 1. The van der Waals surface area contributed by atoms with Gasteiger partial charge in [-0.2, -0.15) is 4.98 Å². The van der Waals surface area contributed by atoms with Gasteiger partial charge in [-0.05, 0) is 67.2 Å². The fourth-order valence-corrected chi connectivity index (χ4v) is 8.45. The number of aromatic nitrogens is 1. The minimum absolute atomic E-state index is 0. The van der Waals surface area contributed by atoms with Crippen LogP contribution >= 0.6 is 11.6 Å². The molecule has 3 N–H and O–H groups in total. The molecule has 0 bridgehead atoms. The highest BCUT2D eigenvalue weighted by Gasteiger charge is 2.56. The summed E-state index contributed by atoms with van der Waals surface area (Å²) in [6, 6.07) is 15.6. The number of quaternary nitrogens is 1. The molecule has 2 aliphatic carbocycles. The maximum atomic E-state index is 14.5. The van der Waals surface area contributed by atoms with Crippen molar-refractivity contribution >= 4 is 17.5 Å². The molecule has 1 aromatic carbocycles. The van der Waals surface area contributed by atoms with Gasteiger partial charge in [0.05, 0.1) is 18.5 Å². The van der Waals surface area contributed by atoms with Gasteiger partial charge in [0.2, 0.25) is 5.91 Å². The fourth-order valence-electron chi connectivity index (χ4n) is 8.28. The number of halogens is 3. The first-order valence-corrected chi connectivity index (χ1v) is 14.9. The van der Waals surface area contributed by atoms with Crippen LogP contribution in [0, 0.1) is 11.8 Å². The zero-order chi connectivity index (χ0) is 24.5. The number of nitrogens with zero attached hydrogens (tertiary/aromatic N) is 1. The van der Waals surface area contributed by atoms with Crippen LogP contribution in [0.3, 0.4) is 0 Å². The summed E-state index contributed by atoms with van der Waals surface area (Å²) in [5, 5.41) is 3.10. The molecule has 4 atom stereocenters. The standard InChI is InChI=1S/C31H40ClN3O.2ClH/c32-29-14-13-26-28(34-29)12-7-16-31(26)21-33-20-27(31)30(36)35-17-15-24(23-10-5-2-6-11-23)19-25(35)18-22-8-3-1-4-9-22;;/h2,5-6,10-11,13-14,22,24-25,27,33H,1,3-4,7-9,12,15-21H2;2*1H/t24?,25?,27-,31-;;/m0../s1. The van der Waals surface area contributed by atoms with Gasteiger partial charge in [-0.25, -0.2) is 0 Å². The minimum atomic E-state index is -0.0581. The molecular weight excluding hydrogens is 537 g/mol. The summed E-state index contributed by atoms with van der Waals surface area (Å²) < 4.78 is 0. The van der Waals surface area contributed by atoms with E-state index < -0.39 is 0 Å². The molecule has 2 unspecified atom stereocenters. The lowest BCUT2D eigenvalue weighted by molar-refractivity contribution is -0.640. The van der Waals surface area contributed by atoms with E-state index in [0.717, 1.165) is 57.7 Å². The molecule has 1 aromatic heterocycles. The molecule has 4 aliphatic rings. The summed E-state index contributed by atoms with van der Waals surface area (Å²) in [5.74, 6) is 1.84. The Balaban J connectivity index is 0.00000168. The van der Waals surface area contributed by atoms with Gasteiger partial charge in [-0.15, -0.1) is 0 Å². The maximum absolute atomic E-state index is 14.5. The van der Waals surface area contributed by atoms with Crippen molar-refractivity contribution in [1.82, 2.24) is 4.90 Å². The zero-order valence-corrected chi connectivity index (χ0v) is 24.6. The van der Waals surface area contributed by atoms with Crippen molar-refractivity contribution in [2.45, 2.75) is 88.0 Å². The normalized spacial score (nSPS) is 29.3. The Morgan fingerprint density at radius 1 is 1.03 bits per heavy atom. The SMILES string of the molecule is O=C([C@@H]1C[NH2+]C[C@]12CCCc1[nH+]c(Cl)ccc12)N1CCC(c2ccccc2)CC1CC1CCCCC1.[Cl-].[Cl-]. The van der Waals surface area contributed by atoms with Crippen molar-refractivity contribution in [3.8, 4) is 0 Å². The highest BCUT2D eigenvalue weighted by molar-refractivity contribution is 6.28. The van der Waals surface area contributed by atoms with Crippen LogP contribution in [0.15, 0.2) is 42.5 Å². The van der Waals surface area contributed by atoms with Gasteiger partial charge in [0.15, 0.2) is 5.69 Å². The van der Waals surface area contributed by atoms with Crippen LogP contribution in [0.1, 0.15) is 86.9 Å². The topological polar surface area (TPSA) is 51.1 Å². The molecule has 208 valence electrons. The molecule has 2 aliphatic heterocycles. The number of fused-ring (bicyclic) bond motifs is 2. The number of nitrogens with one attached hydrogen (secondary N) is 1. The van der Waals surface area contributed by atoms with Gasteiger partial charge in [-0.3, -0.25) is 4.79 Å². The van der Waals surface area contributed by atoms with Crippen molar-refractivity contribution in [2.75, 3.05) is 19.6 Å². The Bertz CT molecular complexity index is 1080. The monoisotopic (exact) mass is 577 g/mol. The second-order valence-corrected chi connectivity index (χ2v) is 12.5. The van der Waals surface area contributed by atoms with Crippen LogP contribution < -0.4 is 35.1 Å². The van der Waals surface area contributed by atoms with E-state index in [1.165, 1.54) is 55.3 Å². The Kier molecular flexibility index (Phi) is 10.1. The number of likely N-dealkylation sites (tertiary alicyclic amines) is 1. The van der Waals surface area contributed by atoms with Gasteiger partial charge >= 0.3 is 0 Å². The maximum Gasteiger partial charge on any atom is 0.273 e. The number of rotatable bonds is 4. The smallest absolute Gasteiger partial charge is 0.273 e. The molecule has 3 fully saturated rings. The number of hydrogen-bond donors (Lipinski definition) is 1. The Labute approximate surface area is 245 Å². The lowest BCUT2D eigenvalue weighted by Gasteiger charge is -2.44. The first kappa shape index (κ1) is 29.6. The number of amides is 1. The van der Waals surface area contributed by atoms with E-state index in [0.29, 0.717) is 23.0 Å². The molecule has 1 spiro atoms. The lowest BCUT2D eigenvalue weighted by Crippen LogP contribution is -3.00. The summed E-state index contributed by atoms with van der Waals surface area (Å²) in [4.78, 5) is 20.3. The molecule has 0 radical (unpaired) electrons. The van der Waals surface area contributed by atoms with E-state index in [1.807, 2.05) is 6.07 Å². The highest BCUT2D eigenvalue weighted by Crippen LogP contribution is 2.45. The van der Waals surface area contributed by atoms with Crippen LogP contribution in [0.4, 0.5) is 0 Å². The van der Waals surface area contributed by atoms with Gasteiger partial charge in [0.1, 0.15) is 5.92 Å². The van der Waals surface area contributed by atoms with Crippen molar-refractivity contribution in [3.05, 3.63) is 64.4 Å². The summed E-state index contributed by atoms with van der Waals surface area (Å²) >= 11 is 6.33. The molecule has 38 heavy (non-hydrogen) atoms. The molecule has 1 amide bonds. The summed E-state index contributed by atoms with van der Waals surface area (Å²) in [5.41, 5.74) is 4.01. The number of pyridine rings is 1. The first-order valence-electron chi connectivity index (χ1n) is 14.5. The summed E-state index contributed by atoms with van der Waals surface area (Å²) in [6.07, 6.45) is 13.5. The third-order valence-electron chi connectivity index (χ3n) is 10.1. The average Bonchev–Trinajstić information content (AvgIpc) is 3.33. The van der Waals surface area contributed by atoms with E-state index in [9.17, 15) is 4.79 Å². The van der Waals surface area contributed by atoms with Gasteiger partial charge < -0.3 is 35.0 Å². The number of nitrogens with two attached hydrogens (primary N) is 1. The number of hydrogen-bond acceptors (Lipinski definition) is 1. The highest BCUT2D eigenvalue weighted by atomic mass is 35.5. The van der Waals surface area contributed by atoms with Gasteiger partial charge in [0.25, 0.3) is 5.15 Å². The van der Waals surface area contributed by atoms with Gasteiger partial charge in [-0.1, -0.05) is 62.4 Å². The van der Waals surface area contributed by atoms with E-state index in [2.05, 4.69) is 51.6 Å². The Morgan fingerprint density at radius 2 is 1.82 bits per heavy atom. The van der Waals surface area contributed by atoms with Crippen molar-refractivity contribution in [3.63, 3.8) is 0 Å². The molecule has 7 heteroatoms.